The Bertz CT molecular complexity index is 596. The predicted octanol–water partition coefficient (Wildman–Crippen LogP) is 2.20. The largest absolute Gasteiger partial charge is 0.494 e. The molecule has 2 aromatic rings. The highest BCUT2D eigenvalue weighted by molar-refractivity contribution is 5.84. The van der Waals surface area contributed by atoms with E-state index in [0.717, 1.165) is 36.2 Å². The van der Waals surface area contributed by atoms with Gasteiger partial charge in [0.25, 0.3) is 0 Å². The summed E-state index contributed by atoms with van der Waals surface area (Å²) in [4.78, 5) is 4.42. The lowest BCUT2D eigenvalue weighted by molar-refractivity contribution is -0.0824. The van der Waals surface area contributed by atoms with Gasteiger partial charge in [0, 0.05) is 7.11 Å². The third kappa shape index (κ3) is 1.85. The van der Waals surface area contributed by atoms with E-state index in [1.165, 1.54) is 6.42 Å². The Balaban J connectivity index is 2.06. The lowest BCUT2D eigenvalue weighted by Crippen LogP contribution is -2.43. The molecule has 1 aromatic carbocycles. The number of nitrogens with zero attached hydrogens (tertiary/aromatic N) is 2. The lowest BCUT2D eigenvalue weighted by atomic mass is 9.80. The number of ether oxygens (including phenoxy) is 2. The Morgan fingerprint density at radius 2 is 2.16 bits per heavy atom. The molecule has 0 spiro atoms. The molecule has 2 N–H and O–H groups in total. The number of hydrogen-bond acceptors (Lipinski definition) is 4. The highest BCUT2D eigenvalue weighted by atomic mass is 16.5. The summed E-state index contributed by atoms with van der Waals surface area (Å²) < 4.78 is 13.0. The van der Waals surface area contributed by atoms with Crippen LogP contribution in [-0.2, 0) is 11.3 Å². The van der Waals surface area contributed by atoms with Gasteiger partial charge in [-0.1, -0.05) is 6.07 Å². The first kappa shape index (κ1) is 12.3. The number of benzene rings is 1. The van der Waals surface area contributed by atoms with Crippen molar-refractivity contribution >= 4 is 17.0 Å². The quantitative estimate of drug-likeness (QED) is 0.916. The van der Waals surface area contributed by atoms with Gasteiger partial charge in [0.05, 0.1) is 24.8 Å². The molecular formula is C14H19N3O2. The number of rotatable bonds is 4. The molecule has 0 bridgehead atoms. The number of methoxy groups -OCH3 is 2. The summed E-state index contributed by atoms with van der Waals surface area (Å²) in [5, 5.41) is 0. The Kier molecular flexibility index (Phi) is 2.86. The Morgan fingerprint density at radius 3 is 2.74 bits per heavy atom. The highest BCUT2D eigenvalue weighted by Gasteiger charge is 2.38. The molecule has 1 saturated carbocycles. The number of nitrogen functional groups attached to an aromatic ring is 1. The van der Waals surface area contributed by atoms with E-state index in [4.69, 9.17) is 15.2 Å². The van der Waals surface area contributed by atoms with Gasteiger partial charge in [0.2, 0.25) is 5.95 Å². The molecule has 1 aromatic heterocycles. The van der Waals surface area contributed by atoms with Crippen molar-refractivity contribution in [2.24, 2.45) is 0 Å². The van der Waals surface area contributed by atoms with Crippen molar-refractivity contribution in [3.63, 3.8) is 0 Å². The summed E-state index contributed by atoms with van der Waals surface area (Å²) in [6.45, 7) is 0.749. The molecule has 1 heterocycles. The molecule has 0 radical (unpaired) electrons. The van der Waals surface area contributed by atoms with Crippen molar-refractivity contribution in [3.05, 3.63) is 18.2 Å². The summed E-state index contributed by atoms with van der Waals surface area (Å²) >= 11 is 0. The number of hydrogen-bond donors (Lipinski definition) is 1. The zero-order valence-corrected chi connectivity index (χ0v) is 11.3. The van der Waals surface area contributed by atoms with E-state index in [-0.39, 0.29) is 5.60 Å². The smallest absolute Gasteiger partial charge is 0.201 e. The molecule has 0 amide bonds. The second-order valence-electron chi connectivity index (χ2n) is 5.12. The second kappa shape index (κ2) is 4.42. The second-order valence-corrected chi connectivity index (χ2v) is 5.12. The monoisotopic (exact) mass is 261 g/mol. The lowest BCUT2D eigenvalue weighted by Gasteiger charge is -2.40. The topological polar surface area (TPSA) is 62.3 Å². The van der Waals surface area contributed by atoms with E-state index in [0.29, 0.717) is 5.95 Å². The average molecular weight is 261 g/mol. The minimum atomic E-state index is -0.0785. The van der Waals surface area contributed by atoms with Gasteiger partial charge in [-0.3, -0.25) is 0 Å². The molecule has 0 aliphatic heterocycles. The van der Waals surface area contributed by atoms with Crippen LogP contribution in [0.3, 0.4) is 0 Å². The van der Waals surface area contributed by atoms with Crippen molar-refractivity contribution in [1.82, 2.24) is 9.55 Å². The minimum absolute atomic E-state index is 0.0785. The molecule has 5 nitrogen and oxygen atoms in total. The Labute approximate surface area is 112 Å². The van der Waals surface area contributed by atoms with Gasteiger partial charge < -0.3 is 19.8 Å². The van der Waals surface area contributed by atoms with Gasteiger partial charge in [0.1, 0.15) is 11.3 Å². The highest BCUT2D eigenvalue weighted by Crippen LogP contribution is 2.38. The van der Waals surface area contributed by atoms with Gasteiger partial charge >= 0.3 is 0 Å². The van der Waals surface area contributed by atoms with Gasteiger partial charge in [-0.15, -0.1) is 0 Å². The van der Waals surface area contributed by atoms with Crippen molar-refractivity contribution in [2.75, 3.05) is 20.0 Å². The Morgan fingerprint density at radius 1 is 1.37 bits per heavy atom. The summed E-state index contributed by atoms with van der Waals surface area (Å²) in [6.07, 6.45) is 3.36. The molecule has 102 valence electrons. The fourth-order valence-electron chi connectivity index (χ4n) is 2.76. The minimum Gasteiger partial charge on any atom is -0.494 e. The van der Waals surface area contributed by atoms with E-state index in [9.17, 15) is 0 Å². The maximum atomic E-state index is 6.06. The molecule has 0 saturated heterocycles. The van der Waals surface area contributed by atoms with Gasteiger partial charge in [0.15, 0.2) is 0 Å². The van der Waals surface area contributed by atoms with Crippen LogP contribution in [0, 0.1) is 0 Å². The van der Waals surface area contributed by atoms with E-state index in [1.54, 1.807) is 14.2 Å². The molecule has 0 unspecified atom stereocenters. The number of anilines is 1. The van der Waals surface area contributed by atoms with Crippen LogP contribution in [0.1, 0.15) is 19.3 Å². The number of aromatic nitrogens is 2. The third-order valence-corrected chi connectivity index (χ3v) is 4.14. The van der Waals surface area contributed by atoms with Crippen LogP contribution in [0.4, 0.5) is 5.95 Å². The molecule has 5 heteroatoms. The first-order valence-electron chi connectivity index (χ1n) is 6.53. The molecule has 1 fully saturated rings. The van der Waals surface area contributed by atoms with Crippen LogP contribution in [0.2, 0.25) is 0 Å². The molecule has 19 heavy (non-hydrogen) atoms. The van der Waals surface area contributed by atoms with Gasteiger partial charge in [-0.25, -0.2) is 4.98 Å². The number of para-hydroxylation sites is 1. The van der Waals surface area contributed by atoms with E-state index < -0.39 is 0 Å². The van der Waals surface area contributed by atoms with Crippen LogP contribution in [-0.4, -0.2) is 29.4 Å². The number of nitrogens with two attached hydrogens (primary N) is 1. The third-order valence-electron chi connectivity index (χ3n) is 4.14. The van der Waals surface area contributed by atoms with E-state index in [1.807, 2.05) is 22.8 Å². The van der Waals surface area contributed by atoms with E-state index in [2.05, 4.69) is 4.98 Å². The SMILES string of the molecule is COc1cccc2c1nc(N)n2CC1(OC)CCC1. The summed E-state index contributed by atoms with van der Waals surface area (Å²) in [7, 11) is 3.42. The summed E-state index contributed by atoms with van der Waals surface area (Å²) in [6, 6.07) is 5.87. The fraction of sp³-hybridized carbons (Fsp3) is 0.500. The molecule has 1 aliphatic carbocycles. The van der Waals surface area contributed by atoms with Crippen molar-refractivity contribution < 1.29 is 9.47 Å². The zero-order chi connectivity index (χ0) is 13.5. The Hall–Kier alpha value is -1.75. The molecule has 3 rings (SSSR count). The van der Waals surface area contributed by atoms with Crippen molar-refractivity contribution in [1.29, 1.82) is 0 Å². The van der Waals surface area contributed by atoms with Gasteiger partial charge in [-0.05, 0) is 31.4 Å². The van der Waals surface area contributed by atoms with Crippen LogP contribution in [0.15, 0.2) is 18.2 Å². The van der Waals surface area contributed by atoms with Crippen LogP contribution in [0.25, 0.3) is 11.0 Å². The maximum absolute atomic E-state index is 6.06. The number of imidazole rings is 1. The summed E-state index contributed by atoms with van der Waals surface area (Å²) in [5.41, 5.74) is 7.79. The zero-order valence-electron chi connectivity index (χ0n) is 11.3. The van der Waals surface area contributed by atoms with Crippen molar-refractivity contribution in [3.8, 4) is 5.75 Å². The molecular weight excluding hydrogens is 242 g/mol. The van der Waals surface area contributed by atoms with Crippen molar-refractivity contribution in [2.45, 2.75) is 31.4 Å². The van der Waals surface area contributed by atoms with E-state index >= 15 is 0 Å². The van der Waals surface area contributed by atoms with Crippen LogP contribution >= 0.6 is 0 Å². The first-order chi connectivity index (χ1) is 9.19. The normalized spacial score (nSPS) is 17.4. The number of fused-ring (bicyclic) bond motifs is 1. The van der Waals surface area contributed by atoms with Crippen LogP contribution < -0.4 is 10.5 Å². The first-order valence-corrected chi connectivity index (χ1v) is 6.53. The standard InChI is InChI=1S/C14H19N3O2/c1-18-11-6-3-5-10-12(11)16-13(15)17(10)9-14(19-2)7-4-8-14/h3,5-6H,4,7-9H2,1-2H3,(H2,15,16). The van der Waals surface area contributed by atoms with Crippen LogP contribution in [0.5, 0.6) is 5.75 Å². The average Bonchev–Trinajstić information content (AvgIpc) is 2.69. The fourth-order valence-corrected chi connectivity index (χ4v) is 2.76. The molecule has 1 aliphatic rings. The van der Waals surface area contributed by atoms with Gasteiger partial charge in [-0.2, -0.15) is 0 Å². The molecule has 0 atom stereocenters. The predicted molar refractivity (Wildman–Crippen MR) is 74.3 cm³/mol. The summed E-state index contributed by atoms with van der Waals surface area (Å²) in [5.74, 6) is 1.27. The maximum Gasteiger partial charge on any atom is 0.201 e.